The molecule has 1 saturated heterocycles. The molecule has 0 aliphatic carbocycles. The molecular formula is C16H15F2N3O3. The van der Waals surface area contributed by atoms with Gasteiger partial charge in [0.1, 0.15) is 17.7 Å². The smallest absolute Gasteiger partial charge is 0.404 e. The van der Waals surface area contributed by atoms with Crippen molar-refractivity contribution in [3.8, 4) is 0 Å². The number of fused-ring (bicyclic) bond motifs is 1. The van der Waals surface area contributed by atoms with Gasteiger partial charge in [0.15, 0.2) is 6.29 Å². The molecule has 1 aliphatic rings. The lowest BCUT2D eigenvalue weighted by molar-refractivity contribution is 0.111. The Hall–Kier alpha value is -2.77. The van der Waals surface area contributed by atoms with E-state index in [4.69, 9.17) is 5.11 Å². The van der Waals surface area contributed by atoms with E-state index in [0.29, 0.717) is 18.5 Å². The molecule has 2 aromatic rings. The maximum Gasteiger partial charge on any atom is 0.404 e. The number of amides is 1. The molecule has 2 N–H and O–H groups in total. The first kappa shape index (κ1) is 16.1. The lowest BCUT2D eigenvalue weighted by atomic mass is 10.0. The number of carbonyl (C=O) groups excluding carboxylic acids is 1. The van der Waals surface area contributed by atoms with Crippen LogP contribution in [-0.4, -0.2) is 47.8 Å². The first-order valence-corrected chi connectivity index (χ1v) is 7.42. The van der Waals surface area contributed by atoms with E-state index in [1.807, 2.05) is 0 Å². The lowest BCUT2D eigenvalue weighted by Crippen LogP contribution is -2.52. The number of rotatable bonds is 3. The molecule has 1 fully saturated rings. The van der Waals surface area contributed by atoms with Crippen molar-refractivity contribution in [2.45, 2.75) is 18.6 Å². The summed E-state index contributed by atoms with van der Waals surface area (Å²) in [4.78, 5) is 27.4. The fourth-order valence-electron chi connectivity index (χ4n) is 2.95. The van der Waals surface area contributed by atoms with E-state index in [1.54, 1.807) is 4.90 Å². The van der Waals surface area contributed by atoms with Crippen LogP contribution in [0.1, 0.15) is 16.9 Å². The first-order valence-electron chi connectivity index (χ1n) is 7.42. The molecule has 1 aromatic carbocycles. The van der Waals surface area contributed by atoms with Crippen LogP contribution in [-0.2, 0) is 0 Å². The number of aromatic nitrogens is 1. The topological polar surface area (TPSA) is 82.5 Å². The van der Waals surface area contributed by atoms with Crippen LogP contribution < -0.4 is 10.2 Å². The van der Waals surface area contributed by atoms with Crippen LogP contribution in [0.25, 0.3) is 10.9 Å². The molecule has 2 atom stereocenters. The number of pyridine rings is 1. The van der Waals surface area contributed by atoms with Crippen molar-refractivity contribution in [3.63, 3.8) is 0 Å². The van der Waals surface area contributed by atoms with Crippen LogP contribution in [0, 0.1) is 5.82 Å². The Morgan fingerprint density at radius 3 is 2.83 bits per heavy atom. The molecule has 1 aliphatic heterocycles. The minimum atomic E-state index is -1.40. The summed E-state index contributed by atoms with van der Waals surface area (Å²) in [5.74, 6) is -0.474. The summed E-state index contributed by atoms with van der Waals surface area (Å²) >= 11 is 0. The molecule has 1 aromatic heterocycles. The van der Waals surface area contributed by atoms with Crippen LogP contribution in [0.5, 0.6) is 0 Å². The van der Waals surface area contributed by atoms with E-state index in [2.05, 4.69) is 10.3 Å². The predicted molar refractivity (Wildman–Crippen MR) is 83.8 cm³/mol. The van der Waals surface area contributed by atoms with Crippen molar-refractivity contribution in [1.82, 2.24) is 10.3 Å². The van der Waals surface area contributed by atoms with E-state index >= 15 is 0 Å². The molecule has 0 spiro atoms. The van der Waals surface area contributed by atoms with Gasteiger partial charge in [0.05, 0.1) is 23.8 Å². The summed E-state index contributed by atoms with van der Waals surface area (Å²) in [6.07, 6.45) is -1.82. The second-order valence-corrected chi connectivity index (χ2v) is 5.62. The summed E-state index contributed by atoms with van der Waals surface area (Å²) in [5, 5.41) is 11.1. The molecule has 126 valence electrons. The predicted octanol–water partition coefficient (Wildman–Crippen LogP) is 2.37. The van der Waals surface area contributed by atoms with Crippen LogP contribution in [0.4, 0.5) is 19.3 Å². The largest absolute Gasteiger partial charge is 0.465 e. The monoisotopic (exact) mass is 335 g/mol. The Balaban J connectivity index is 1.94. The maximum absolute atomic E-state index is 14.3. The number of aldehydes is 1. The first-order chi connectivity index (χ1) is 11.5. The summed E-state index contributed by atoms with van der Waals surface area (Å²) in [6, 6.07) is 4.88. The highest BCUT2D eigenvalue weighted by molar-refractivity contribution is 5.93. The standard InChI is InChI=1S/C16H15F2N3O3/c17-11-3-4-14(15-10(11)2-1-9(8-22)19-15)21-6-5-13(12(18)7-21)20-16(23)24/h1-4,8,12-13,20H,5-7H2,(H,23,24)/t12-,13+/m1/s1. The summed E-state index contributed by atoms with van der Waals surface area (Å²) in [7, 11) is 0. The number of nitrogens with one attached hydrogen (secondary N) is 1. The minimum Gasteiger partial charge on any atom is -0.465 e. The second kappa shape index (κ2) is 6.38. The van der Waals surface area contributed by atoms with E-state index in [0.717, 1.165) is 0 Å². The van der Waals surface area contributed by atoms with Gasteiger partial charge < -0.3 is 15.3 Å². The number of halogens is 2. The SMILES string of the molecule is O=Cc1ccc2c(F)ccc(N3CC[C@H](NC(=O)O)[C@H](F)C3)c2n1. The van der Waals surface area contributed by atoms with Gasteiger partial charge in [-0.15, -0.1) is 0 Å². The molecule has 1 amide bonds. The van der Waals surface area contributed by atoms with Gasteiger partial charge in [-0.05, 0) is 30.7 Å². The quantitative estimate of drug-likeness (QED) is 0.842. The van der Waals surface area contributed by atoms with Gasteiger partial charge in [-0.25, -0.2) is 18.6 Å². The third kappa shape index (κ3) is 2.99. The fraction of sp³-hybridized carbons (Fsp3) is 0.312. The van der Waals surface area contributed by atoms with Crippen molar-refractivity contribution in [2.75, 3.05) is 18.0 Å². The zero-order chi connectivity index (χ0) is 17.3. The van der Waals surface area contributed by atoms with Gasteiger partial charge in [-0.2, -0.15) is 0 Å². The highest BCUT2D eigenvalue weighted by atomic mass is 19.1. The highest BCUT2D eigenvalue weighted by Gasteiger charge is 2.31. The van der Waals surface area contributed by atoms with Crippen LogP contribution in [0.2, 0.25) is 0 Å². The Kier molecular flexibility index (Phi) is 4.28. The number of piperidine rings is 1. The second-order valence-electron chi connectivity index (χ2n) is 5.62. The molecular weight excluding hydrogens is 320 g/mol. The van der Waals surface area contributed by atoms with Gasteiger partial charge in [0.25, 0.3) is 0 Å². The number of hydrogen-bond acceptors (Lipinski definition) is 4. The molecule has 0 saturated carbocycles. The van der Waals surface area contributed by atoms with E-state index < -0.39 is 24.1 Å². The van der Waals surface area contributed by atoms with E-state index in [1.165, 1.54) is 24.3 Å². The molecule has 6 nitrogen and oxygen atoms in total. The number of nitrogens with zero attached hydrogens (tertiary/aromatic N) is 2. The third-order valence-electron chi connectivity index (χ3n) is 4.12. The molecule has 0 unspecified atom stereocenters. The third-order valence-corrected chi connectivity index (χ3v) is 4.12. The van der Waals surface area contributed by atoms with Gasteiger partial charge in [-0.1, -0.05) is 0 Å². The molecule has 24 heavy (non-hydrogen) atoms. The van der Waals surface area contributed by atoms with Gasteiger partial charge >= 0.3 is 6.09 Å². The average Bonchev–Trinajstić information content (AvgIpc) is 2.56. The van der Waals surface area contributed by atoms with Crippen molar-refractivity contribution >= 4 is 29.0 Å². The summed E-state index contributed by atoms with van der Waals surface area (Å²) in [5.41, 5.74) is 0.969. The normalized spacial score (nSPS) is 20.8. The average molecular weight is 335 g/mol. The Labute approximate surface area is 136 Å². The van der Waals surface area contributed by atoms with Gasteiger partial charge in [0, 0.05) is 11.9 Å². The van der Waals surface area contributed by atoms with Crippen LogP contribution in [0.3, 0.4) is 0 Å². The zero-order valence-corrected chi connectivity index (χ0v) is 12.6. The number of hydrogen-bond donors (Lipinski definition) is 2. The lowest BCUT2D eigenvalue weighted by Gasteiger charge is -2.36. The van der Waals surface area contributed by atoms with Gasteiger partial charge in [-0.3, -0.25) is 4.79 Å². The fourth-order valence-corrected chi connectivity index (χ4v) is 2.95. The van der Waals surface area contributed by atoms with Crippen molar-refractivity contribution in [1.29, 1.82) is 0 Å². The Morgan fingerprint density at radius 2 is 2.17 bits per heavy atom. The number of anilines is 1. The maximum atomic E-state index is 14.3. The number of benzene rings is 1. The number of alkyl halides is 1. The molecule has 0 bridgehead atoms. The van der Waals surface area contributed by atoms with E-state index in [-0.39, 0.29) is 29.6 Å². The van der Waals surface area contributed by atoms with E-state index in [9.17, 15) is 18.4 Å². The van der Waals surface area contributed by atoms with Crippen molar-refractivity contribution in [2.24, 2.45) is 0 Å². The Bertz CT molecular complexity index is 799. The van der Waals surface area contributed by atoms with Crippen molar-refractivity contribution in [3.05, 3.63) is 35.8 Å². The molecule has 3 rings (SSSR count). The Morgan fingerprint density at radius 1 is 1.38 bits per heavy atom. The van der Waals surface area contributed by atoms with Crippen LogP contribution >= 0.6 is 0 Å². The number of carboxylic acid groups (broad SMARTS) is 1. The van der Waals surface area contributed by atoms with Crippen LogP contribution in [0.15, 0.2) is 24.3 Å². The molecule has 0 radical (unpaired) electrons. The summed E-state index contributed by atoms with van der Waals surface area (Å²) < 4.78 is 28.2. The highest BCUT2D eigenvalue weighted by Crippen LogP contribution is 2.30. The number of carbonyl (C=O) groups is 2. The van der Waals surface area contributed by atoms with Gasteiger partial charge in [0.2, 0.25) is 0 Å². The molecule has 8 heteroatoms. The minimum absolute atomic E-state index is 0.0430. The summed E-state index contributed by atoms with van der Waals surface area (Å²) in [6.45, 7) is 0.345. The molecule has 2 heterocycles. The zero-order valence-electron chi connectivity index (χ0n) is 12.6. The van der Waals surface area contributed by atoms with Crippen molar-refractivity contribution < 1.29 is 23.5 Å².